The molecule has 0 aliphatic rings. The van der Waals surface area contributed by atoms with E-state index in [0.717, 1.165) is 22.2 Å². The number of nitrogens with zero attached hydrogens (tertiary/aromatic N) is 7. The summed E-state index contributed by atoms with van der Waals surface area (Å²) in [6.45, 7) is 4.59. The maximum atomic E-state index is 9.12. The van der Waals surface area contributed by atoms with Gasteiger partial charge in [-0.3, -0.25) is 4.68 Å². The molecule has 0 aliphatic carbocycles. The van der Waals surface area contributed by atoms with Crippen molar-refractivity contribution in [2.24, 2.45) is 0 Å². The molecule has 9 heteroatoms. The second-order valence-corrected chi connectivity index (χ2v) is 6.91. The molecule has 0 amide bonds. The molecule has 0 saturated heterocycles. The van der Waals surface area contributed by atoms with E-state index in [4.69, 9.17) is 10.4 Å². The molecular weight excluding hydrogens is 368 g/mol. The molecule has 0 fully saturated rings. The van der Waals surface area contributed by atoms with Crippen molar-refractivity contribution in [2.45, 2.75) is 26.4 Å². The van der Waals surface area contributed by atoms with Gasteiger partial charge in [-0.05, 0) is 19.9 Å². The topological polar surface area (TPSA) is 117 Å². The van der Waals surface area contributed by atoms with Crippen LogP contribution in [0.2, 0.25) is 0 Å². The quantitative estimate of drug-likeness (QED) is 0.520. The fourth-order valence-electron chi connectivity index (χ4n) is 3.10. The Balaban J connectivity index is 1.79. The lowest BCUT2D eigenvalue weighted by Crippen LogP contribution is -2.12. The number of aliphatic hydroxyl groups excluding tert-OH is 1. The molecule has 9 nitrogen and oxygen atoms in total. The van der Waals surface area contributed by atoms with Gasteiger partial charge in [0.2, 0.25) is 0 Å². The molecule has 146 valence electrons. The number of anilines is 1. The summed E-state index contributed by atoms with van der Waals surface area (Å²) in [6.07, 6.45) is 8.61. The zero-order chi connectivity index (χ0) is 20.4. The SMILES string of the molecule is CC(C)Nc1cc(-n2ncc3cc(C#N)cnc32)ncc1-c1cnn(CCO)c1. The Morgan fingerprint density at radius 2 is 2.00 bits per heavy atom. The lowest BCUT2D eigenvalue weighted by molar-refractivity contribution is 0.269. The van der Waals surface area contributed by atoms with Crippen LogP contribution in [-0.4, -0.2) is 47.3 Å². The average Bonchev–Trinajstić information content (AvgIpc) is 3.34. The number of aliphatic hydroxyl groups is 1. The Morgan fingerprint density at radius 3 is 2.76 bits per heavy atom. The fraction of sp³-hybridized carbons (Fsp3) is 0.250. The zero-order valence-corrected chi connectivity index (χ0v) is 16.1. The Labute approximate surface area is 167 Å². The van der Waals surface area contributed by atoms with Gasteiger partial charge in [0, 0.05) is 52.9 Å². The molecule has 0 atom stereocenters. The third-order valence-electron chi connectivity index (χ3n) is 4.36. The molecule has 4 aromatic rings. The summed E-state index contributed by atoms with van der Waals surface area (Å²) in [5, 5.41) is 31.1. The number of pyridine rings is 2. The van der Waals surface area contributed by atoms with Crippen molar-refractivity contribution in [3.8, 4) is 23.0 Å². The van der Waals surface area contributed by atoms with Crippen LogP contribution in [0, 0.1) is 11.3 Å². The van der Waals surface area contributed by atoms with Crippen molar-refractivity contribution in [1.29, 1.82) is 5.26 Å². The van der Waals surface area contributed by atoms with Gasteiger partial charge < -0.3 is 10.4 Å². The number of nitriles is 1. The third kappa shape index (κ3) is 3.66. The molecule has 0 bridgehead atoms. The number of aromatic nitrogens is 6. The Hall–Kier alpha value is -3.77. The lowest BCUT2D eigenvalue weighted by Gasteiger charge is -2.15. The molecule has 0 spiro atoms. The van der Waals surface area contributed by atoms with Crippen molar-refractivity contribution in [3.05, 3.63) is 48.7 Å². The highest BCUT2D eigenvalue weighted by molar-refractivity contribution is 5.80. The molecule has 4 heterocycles. The van der Waals surface area contributed by atoms with E-state index < -0.39 is 0 Å². The van der Waals surface area contributed by atoms with E-state index in [-0.39, 0.29) is 12.6 Å². The first-order valence-electron chi connectivity index (χ1n) is 9.23. The first kappa shape index (κ1) is 18.6. The van der Waals surface area contributed by atoms with Gasteiger partial charge in [-0.15, -0.1) is 0 Å². The second-order valence-electron chi connectivity index (χ2n) is 6.91. The van der Waals surface area contributed by atoms with E-state index in [9.17, 15) is 0 Å². The summed E-state index contributed by atoms with van der Waals surface area (Å²) in [4.78, 5) is 8.95. The standard InChI is InChI=1S/C20H20N8O/c1-13(2)26-18-6-19(22-11-17(18)16-10-24-27(12-16)3-4-29)28-20-15(9-25-28)5-14(7-21)8-23-20/h5-6,8-13,29H,3-4H2,1-2H3,(H,22,26). The molecule has 0 unspecified atom stereocenters. The van der Waals surface area contributed by atoms with Gasteiger partial charge >= 0.3 is 0 Å². The van der Waals surface area contributed by atoms with E-state index in [2.05, 4.69) is 45.4 Å². The molecule has 4 aromatic heterocycles. The minimum Gasteiger partial charge on any atom is -0.394 e. The van der Waals surface area contributed by atoms with Gasteiger partial charge in [0.05, 0.1) is 31.1 Å². The molecule has 0 saturated carbocycles. The Morgan fingerprint density at radius 1 is 1.14 bits per heavy atom. The van der Waals surface area contributed by atoms with Crippen LogP contribution in [-0.2, 0) is 6.54 Å². The first-order valence-corrected chi connectivity index (χ1v) is 9.23. The van der Waals surface area contributed by atoms with Crippen molar-refractivity contribution in [2.75, 3.05) is 11.9 Å². The van der Waals surface area contributed by atoms with Gasteiger partial charge in [-0.2, -0.15) is 20.1 Å². The highest BCUT2D eigenvalue weighted by atomic mass is 16.3. The molecular formula is C20H20N8O. The molecule has 2 N–H and O–H groups in total. The summed E-state index contributed by atoms with van der Waals surface area (Å²) in [5.74, 6) is 0.617. The Bertz CT molecular complexity index is 1200. The van der Waals surface area contributed by atoms with Crippen LogP contribution in [0.25, 0.3) is 28.0 Å². The summed E-state index contributed by atoms with van der Waals surface area (Å²) in [5.41, 5.74) is 3.83. The normalized spacial score (nSPS) is 11.1. The third-order valence-corrected chi connectivity index (χ3v) is 4.36. The largest absolute Gasteiger partial charge is 0.394 e. The van der Waals surface area contributed by atoms with Gasteiger partial charge in [0.1, 0.15) is 6.07 Å². The summed E-state index contributed by atoms with van der Waals surface area (Å²) < 4.78 is 3.35. The molecule has 29 heavy (non-hydrogen) atoms. The summed E-state index contributed by atoms with van der Waals surface area (Å²) in [6, 6.07) is 5.97. The van der Waals surface area contributed by atoms with Gasteiger partial charge in [0.25, 0.3) is 0 Å². The lowest BCUT2D eigenvalue weighted by atomic mass is 10.1. The van der Waals surface area contributed by atoms with E-state index in [0.29, 0.717) is 23.6 Å². The number of hydrogen-bond donors (Lipinski definition) is 2. The van der Waals surface area contributed by atoms with Crippen LogP contribution in [0.5, 0.6) is 0 Å². The highest BCUT2D eigenvalue weighted by Gasteiger charge is 2.14. The monoisotopic (exact) mass is 388 g/mol. The van der Waals surface area contributed by atoms with Crippen molar-refractivity contribution in [1.82, 2.24) is 29.5 Å². The molecule has 0 aromatic carbocycles. The van der Waals surface area contributed by atoms with Crippen LogP contribution in [0.3, 0.4) is 0 Å². The number of nitrogens with one attached hydrogen (secondary N) is 1. The van der Waals surface area contributed by atoms with Crippen LogP contribution >= 0.6 is 0 Å². The predicted octanol–water partition coefficient (Wildman–Crippen LogP) is 2.36. The van der Waals surface area contributed by atoms with Gasteiger partial charge in [-0.25, -0.2) is 9.97 Å². The summed E-state index contributed by atoms with van der Waals surface area (Å²) >= 11 is 0. The molecule has 0 radical (unpaired) electrons. The first-order chi connectivity index (χ1) is 14.1. The Kier molecular flexibility index (Phi) is 4.93. The van der Waals surface area contributed by atoms with E-state index in [1.807, 2.05) is 12.3 Å². The van der Waals surface area contributed by atoms with Crippen LogP contribution < -0.4 is 5.32 Å². The van der Waals surface area contributed by atoms with E-state index in [1.54, 1.807) is 34.0 Å². The van der Waals surface area contributed by atoms with E-state index in [1.165, 1.54) is 6.20 Å². The van der Waals surface area contributed by atoms with Crippen molar-refractivity contribution >= 4 is 16.7 Å². The van der Waals surface area contributed by atoms with E-state index >= 15 is 0 Å². The van der Waals surface area contributed by atoms with Crippen molar-refractivity contribution < 1.29 is 5.11 Å². The van der Waals surface area contributed by atoms with Crippen molar-refractivity contribution in [3.63, 3.8) is 0 Å². The maximum absolute atomic E-state index is 9.12. The smallest absolute Gasteiger partial charge is 0.164 e. The fourth-order valence-corrected chi connectivity index (χ4v) is 3.10. The minimum absolute atomic E-state index is 0.0301. The predicted molar refractivity (Wildman–Crippen MR) is 108 cm³/mol. The number of hydrogen-bond acceptors (Lipinski definition) is 7. The highest BCUT2D eigenvalue weighted by Crippen LogP contribution is 2.30. The maximum Gasteiger partial charge on any atom is 0.164 e. The number of rotatable bonds is 6. The molecule has 0 aliphatic heterocycles. The van der Waals surface area contributed by atoms with Gasteiger partial charge in [0.15, 0.2) is 11.5 Å². The van der Waals surface area contributed by atoms with Crippen LogP contribution in [0.4, 0.5) is 5.69 Å². The minimum atomic E-state index is 0.0301. The average molecular weight is 388 g/mol. The number of fused-ring (bicyclic) bond motifs is 1. The van der Waals surface area contributed by atoms with Gasteiger partial charge in [-0.1, -0.05) is 0 Å². The zero-order valence-electron chi connectivity index (χ0n) is 16.1. The summed E-state index contributed by atoms with van der Waals surface area (Å²) in [7, 11) is 0. The molecule has 4 rings (SSSR count). The van der Waals surface area contributed by atoms with Crippen LogP contribution in [0.1, 0.15) is 19.4 Å². The van der Waals surface area contributed by atoms with Crippen LogP contribution in [0.15, 0.2) is 43.1 Å². The second kappa shape index (κ2) is 7.69.